The van der Waals surface area contributed by atoms with Gasteiger partial charge in [0.2, 0.25) is 0 Å². The summed E-state index contributed by atoms with van der Waals surface area (Å²) >= 11 is 0. The lowest BCUT2D eigenvalue weighted by atomic mass is 9.80. The van der Waals surface area contributed by atoms with Crippen LogP contribution in [0.3, 0.4) is 0 Å². The summed E-state index contributed by atoms with van der Waals surface area (Å²) in [5.41, 5.74) is 7.04. The molecule has 0 spiro atoms. The van der Waals surface area contributed by atoms with Gasteiger partial charge in [0, 0.05) is 12.6 Å². The average Bonchev–Trinajstić information content (AvgIpc) is 3.32. The number of rotatable bonds is 5. The van der Waals surface area contributed by atoms with E-state index in [2.05, 4.69) is 20.3 Å². The van der Waals surface area contributed by atoms with Gasteiger partial charge in [0.1, 0.15) is 30.2 Å². The fraction of sp³-hybridized carbons (Fsp3) is 0.684. The minimum Gasteiger partial charge on any atom is -0.469 e. The minimum atomic E-state index is -0.716. The van der Waals surface area contributed by atoms with Crippen molar-refractivity contribution in [1.82, 2.24) is 24.8 Å². The molecule has 5 rings (SSSR count). The number of nitrogens with two attached hydrogens (primary N) is 1. The molecular weight excluding hydrogens is 392 g/mol. The Labute approximate surface area is 173 Å². The molecule has 2 aromatic rings. The first-order chi connectivity index (χ1) is 14.4. The molecule has 30 heavy (non-hydrogen) atoms. The lowest BCUT2D eigenvalue weighted by Gasteiger charge is -2.35. The highest BCUT2D eigenvalue weighted by Crippen LogP contribution is 2.44. The topological polar surface area (TPSA) is 136 Å². The molecule has 1 aliphatic carbocycles. The molecule has 2 saturated heterocycles. The number of fused-ring (bicyclic) bond motifs is 2. The molecular formula is C19H26N6O5. The number of nitrogen functional groups attached to an aromatic ring is 1. The van der Waals surface area contributed by atoms with Crippen LogP contribution in [0.4, 0.5) is 5.82 Å². The molecule has 0 amide bonds. The van der Waals surface area contributed by atoms with Crippen molar-refractivity contribution < 1.29 is 23.7 Å². The molecule has 1 saturated carbocycles. The lowest BCUT2D eigenvalue weighted by Crippen LogP contribution is -2.48. The van der Waals surface area contributed by atoms with Crippen molar-refractivity contribution in [2.75, 3.05) is 19.4 Å². The van der Waals surface area contributed by atoms with E-state index >= 15 is 0 Å². The quantitative estimate of drug-likeness (QED) is 0.655. The zero-order chi connectivity index (χ0) is 21.0. The Morgan fingerprint density at radius 3 is 2.83 bits per heavy atom. The molecule has 0 unspecified atom stereocenters. The van der Waals surface area contributed by atoms with Crippen LogP contribution in [-0.2, 0) is 23.7 Å². The third-order valence-corrected chi connectivity index (χ3v) is 6.07. The second-order valence-corrected chi connectivity index (χ2v) is 8.51. The van der Waals surface area contributed by atoms with Gasteiger partial charge in [-0.05, 0) is 26.7 Å². The van der Waals surface area contributed by atoms with Gasteiger partial charge in [-0.3, -0.25) is 9.36 Å². The van der Waals surface area contributed by atoms with E-state index in [4.69, 9.17) is 24.7 Å². The van der Waals surface area contributed by atoms with E-state index in [1.807, 2.05) is 18.4 Å². The van der Waals surface area contributed by atoms with Crippen LogP contribution in [0.15, 0.2) is 12.7 Å². The Kier molecular flexibility index (Phi) is 4.65. The van der Waals surface area contributed by atoms with Crippen LogP contribution in [0.5, 0.6) is 0 Å². The summed E-state index contributed by atoms with van der Waals surface area (Å²) in [6.07, 6.45) is 3.35. The second-order valence-electron chi connectivity index (χ2n) is 8.51. The number of ether oxygens (including phenoxy) is 4. The first kappa shape index (κ1) is 19.6. The molecule has 162 valence electrons. The number of nitrogens with zero attached hydrogens (tertiary/aromatic N) is 4. The van der Waals surface area contributed by atoms with Gasteiger partial charge in [0.15, 0.2) is 23.5 Å². The van der Waals surface area contributed by atoms with Gasteiger partial charge in [0.05, 0.1) is 19.4 Å². The molecule has 0 bridgehead atoms. The molecule has 2 aromatic heterocycles. The van der Waals surface area contributed by atoms with Crippen molar-refractivity contribution in [2.24, 2.45) is 5.92 Å². The maximum absolute atomic E-state index is 11.6. The smallest absolute Gasteiger partial charge is 0.308 e. The van der Waals surface area contributed by atoms with Crippen LogP contribution >= 0.6 is 0 Å². The van der Waals surface area contributed by atoms with Crippen molar-refractivity contribution >= 4 is 23.0 Å². The Morgan fingerprint density at radius 1 is 1.30 bits per heavy atom. The van der Waals surface area contributed by atoms with Gasteiger partial charge >= 0.3 is 5.97 Å². The zero-order valence-electron chi connectivity index (χ0n) is 17.1. The summed E-state index contributed by atoms with van der Waals surface area (Å²) in [5, 5.41) is 3.48. The normalized spacial score (nSPS) is 34.6. The summed E-state index contributed by atoms with van der Waals surface area (Å²) in [4.78, 5) is 24.2. The van der Waals surface area contributed by atoms with Crippen LogP contribution < -0.4 is 11.1 Å². The fourth-order valence-electron chi connectivity index (χ4n) is 4.53. The van der Waals surface area contributed by atoms with E-state index in [1.54, 1.807) is 6.33 Å². The third kappa shape index (κ3) is 3.22. The van der Waals surface area contributed by atoms with Crippen LogP contribution in [0.25, 0.3) is 11.2 Å². The predicted octanol–water partition coefficient (Wildman–Crippen LogP) is 0.367. The van der Waals surface area contributed by atoms with Crippen LogP contribution in [0, 0.1) is 5.92 Å². The van der Waals surface area contributed by atoms with E-state index in [-0.39, 0.29) is 36.2 Å². The van der Waals surface area contributed by atoms with Gasteiger partial charge in [-0.2, -0.15) is 0 Å². The van der Waals surface area contributed by atoms with Crippen molar-refractivity contribution in [1.29, 1.82) is 0 Å². The SMILES string of the molecule is COC(=O)C1CC(NC[C@H]2O[C@@H](n3cnc4c(N)ncnc43)[C@@H]3OC(C)(C)O[C@@H]32)C1. The summed E-state index contributed by atoms with van der Waals surface area (Å²) in [7, 11) is 1.42. The summed E-state index contributed by atoms with van der Waals surface area (Å²) in [6.45, 7) is 4.37. The molecule has 4 atom stereocenters. The molecule has 3 N–H and O–H groups in total. The highest BCUT2D eigenvalue weighted by atomic mass is 16.8. The number of imidazole rings is 1. The molecule has 3 aliphatic rings. The van der Waals surface area contributed by atoms with E-state index in [0.717, 1.165) is 12.8 Å². The highest BCUT2D eigenvalue weighted by Gasteiger charge is 2.56. The maximum atomic E-state index is 11.6. The number of carbonyl (C=O) groups excluding carboxylic acids is 1. The number of anilines is 1. The van der Waals surface area contributed by atoms with E-state index < -0.39 is 12.0 Å². The molecule has 2 aliphatic heterocycles. The average molecular weight is 418 g/mol. The largest absolute Gasteiger partial charge is 0.469 e. The van der Waals surface area contributed by atoms with Crippen molar-refractivity contribution in [3.8, 4) is 0 Å². The van der Waals surface area contributed by atoms with Gasteiger partial charge in [-0.15, -0.1) is 0 Å². The molecule has 11 heteroatoms. The van der Waals surface area contributed by atoms with E-state index in [1.165, 1.54) is 13.4 Å². The molecule has 11 nitrogen and oxygen atoms in total. The Hall–Kier alpha value is -2.34. The third-order valence-electron chi connectivity index (χ3n) is 6.07. The number of carbonyl (C=O) groups is 1. The summed E-state index contributed by atoms with van der Waals surface area (Å²) < 4.78 is 25.3. The molecule has 0 aromatic carbocycles. The lowest BCUT2D eigenvalue weighted by molar-refractivity contribution is -0.196. The highest BCUT2D eigenvalue weighted by molar-refractivity contribution is 5.81. The van der Waals surface area contributed by atoms with Crippen LogP contribution in [0.1, 0.15) is 32.9 Å². The second kappa shape index (κ2) is 7.12. The maximum Gasteiger partial charge on any atom is 0.308 e. The number of nitrogens with one attached hydrogen (secondary N) is 1. The van der Waals surface area contributed by atoms with Gasteiger partial charge in [-0.25, -0.2) is 15.0 Å². The Balaban J connectivity index is 1.32. The monoisotopic (exact) mass is 418 g/mol. The van der Waals surface area contributed by atoms with Gasteiger partial charge in [-0.1, -0.05) is 0 Å². The van der Waals surface area contributed by atoms with Gasteiger partial charge < -0.3 is 30.0 Å². The van der Waals surface area contributed by atoms with Crippen LogP contribution in [0.2, 0.25) is 0 Å². The minimum absolute atomic E-state index is 0.0232. The molecule has 0 radical (unpaired) electrons. The zero-order valence-corrected chi connectivity index (χ0v) is 17.1. The van der Waals surface area contributed by atoms with Gasteiger partial charge in [0.25, 0.3) is 0 Å². The van der Waals surface area contributed by atoms with E-state index in [9.17, 15) is 4.79 Å². The van der Waals surface area contributed by atoms with Crippen LogP contribution in [-0.4, -0.2) is 69.3 Å². The Morgan fingerprint density at radius 2 is 2.07 bits per heavy atom. The first-order valence-electron chi connectivity index (χ1n) is 10.1. The Bertz CT molecular complexity index is 958. The van der Waals surface area contributed by atoms with Crippen molar-refractivity contribution in [3.05, 3.63) is 12.7 Å². The fourth-order valence-corrected chi connectivity index (χ4v) is 4.53. The molecule has 3 fully saturated rings. The number of esters is 1. The number of aromatic nitrogens is 4. The standard InChI is InChI=1S/C19H26N6O5/c1-19(2)29-13-11(6-21-10-4-9(5-10)18(26)27-3)28-17(14(13)30-19)25-8-24-12-15(20)22-7-23-16(12)25/h7-11,13-14,17,21H,4-6H2,1-3H3,(H2,20,22,23)/t9?,10?,11-,13-,14-,17-/m1/s1. The number of methoxy groups -OCH3 is 1. The van der Waals surface area contributed by atoms with Crippen molar-refractivity contribution in [2.45, 2.75) is 63.1 Å². The number of hydrogen-bond acceptors (Lipinski definition) is 10. The number of hydrogen-bond donors (Lipinski definition) is 2. The first-order valence-corrected chi connectivity index (χ1v) is 10.1. The predicted molar refractivity (Wildman–Crippen MR) is 104 cm³/mol. The summed E-state index contributed by atoms with van der Waals surface area (Å²) in [5.74, 6) is -0.565. The summed E-state index contributed by atoms with van der Waals surface area (Å²) in [6, 6.07) is 0.257. The van der Waals surface area contributed by atoms with Crippen molar-refractivity contribution in [3.63, 3.8) is 0 Å². The molecule has 4 heterocycles. The van der Waals surface area contributed by atoms with E-state index in [0.29, 0.717) is 23.5 Å².